The van der Waals surface area contributed by atoms with Gasteiger partial charge in [-0.3, -0.25) is 4.79 Å². The lowest BCUT2D eigenvalue weighted by atomic mass is 10.1. The predicted octanol–water partition coefficient (Wildman–Crippen LogP) is 5.29. The lowest BCUT2D eigenvalue weighted by Crippen LogP contribution is -2.24. The lowest BCUT2D eigenvalue weighted by Gasteiger charge is -2.16. The summed E-state index contributed by atoms with van der Waals surface area (Å²) in [5.41, 5.74) is -0.719. The summed E-state index contributed by atoms with van der Waals surface area (Å²) in [5.74, 6) is -0.342. The van der Waals surface area contributed by atoms with Crippen molar-refractivity contribution in [2.24, 2.45) is 0 Å². The number of hydrogen-bond donors (Lipinski definition) is 0. The van der Waals surface area contributed by atoms with Crippen LogP contribution in [0.15, 0.2) is 53.1 Å². The summed E-state index contributed by atoms with van der Waals surface area (Å²) in [6.07, 6.45) is -8.80. The van der Waals surface area contributed by atoms with E-state index in [-0.39, 0.29) is 37.1 Å². The van der Waals surface area contributed by atoms with Crippen LogP contribution in [0.4, 0.5) is 26.3 Å². The minimum Gasteiger partial charge on any atom is -0.338 e. The number of aromatic nitrogens is 2. The van der Waals surface area contributed by atoms with Crippen LogP contribution in [-0.2, 0) is 23.7 Å². The molecule has 4 rings (SSSR count). The third-order valence-corrected chi connectivity index (χ3v) is 5.14. The van der Waals surface area contributed by atoms with Crippen LogP contribution in [0.25, 0.3) is 11.5 Å². The van der Waals surface area contributed by atoms with Crippen LogP contribution in [0, 0.1) is 0 Å². The van der Waals surface area contributed by atoms with Crippen molar-refractivity contribution in [2.75, 3.05) is 6.54 Å². The maximum absolute atomic E-state index is 12.7. The molecule has 3 aromatic rings. The fourth-order valence-corrected chi connectivity index (χ4v) is 3.44. The Morgan fingerprint density at radius 1 is 0.906 bits per heavy atom. The van der Waals surface area contributed by atoms with E-state index in [1.807, 2.05) is 0 Å². The maximum atomic E-state index is 12.7. The second-order valence-electron chi connectivity index (χ2n) is 7.40. The maximum Gasteiger partial charge on any atom is 0.416 e. The molecule has 1 atom stereocenters. The Bertz CT molecular complexity index is 1100. The fraction of sp³-hybridized carbons (Fsp3) is 0.286. The van der Waals surface area contributed by atoms with Gasteiger partial charge in [0.05, 0.1) is 11.1 Å². The van der Waals surface area contributed by atoms with Crippen LogP contribution in [-0.4, -0.2) is 27.5 Å². The van der Waals surface area contributed by atoms with Gasteiger partial charge in [-0.2, -0.15) is 31.3 Å². The molecule has 1 aliphatic heterocycles. The molecule has 0 N–H and O–H groups in total. The van der Waals surface area contributed by atoms with Gasteiger partial charge in [0.15, 0.2) is 5.82 Å². The average molecular weight is 455 g/mol. The fourth-order valence-electron chi connectivity index (χ4n) is 3.44. The standard InChI is InChI=1S/C21H15F6N3O2/c22-20(23,24)15-5-1-12(2-6-15)10-30-11-14(9-17(30)31)18-28-19(32-29-18)13-3-7-16(8-4-13)21(25,26)27/h1-8,14H,9-11H2. The first kappa shape index (κ1) is 21.8. The van der Waals surface area contributed by atoms with E-state index in [1.165, 1.54) is 29.2 Å². The molecule has 1 aromatic heterocycles. The number of alkyl halides is 6. The Kier molecular flexibility index (Phi) is 5.43. The summed E-state index contributed by atoms with van der Waals surface area (Å²) in [7, 11) is 0. The average Bonchev–Trinajstić information content (AvgIpc) is 3.35. The SMILES string of the molecule is O=C1CC(c2noc(-c3ccc(C(F)(F)F)cc3)n2)CN1Cc1ccc(C(F)(F)F)cc1. The number of amides is 1. The molecule has 0 spiro atoms. The normalized spacial score (nSPS) is 17.2. The van der Waals surface area contributed by atoms with E-state index in [9.17, 15) is 31.1 Å². The predicted molar refractivity (Wildman–Crippen MR) is 99.0 cm³/mol. The number of likely N-dealkylation sites (tertiary alicyclic amines) is 1. The van der Waals surface area contributed by atoms with Crippen molar-refractivity contribution in [3.05, 3.63) is 71.0 Å². The zero-order valence-electron chi connectivity index (χ0n) is 16.2. The molecular formula is C21H15F6N3O2. The van der Waals surface area contributed by atoms with Crippen LogP contribution >= 0.6 is 0 Å². The number of hydrogen-bond acceptors (Lipinski definition) is 4. The van der Waals surface area contributed by atoms with E-state index in [2.05, 4.69) is 10.1 Å². The minimum atomic E-state index is -4.46. The number of benzene rings is 2. The van der Waals surface area contributed by atoms with Crippen molar-refractivity contribution in [3.8, 4) is 11.5 Å². The van der Waals surface area contributed by atoms with Gasteiger partial charge in [-0.15, -0.1) is 0 Å². The Morgan fingerprint density at radius 3 is 2.03 bits per heavy atom. The van der Waals surface area contributed by atoms with Crippen molar-refractivity contribution in [1.82, 2.24) is 15.0 Å². The van der Waals surface area contributed by atoms with Gasteiger partial charge in [-0.1, -0.05) is 17.3 Å². The number of rotatable bonds is 4. The number of carbonyl (C=O) groups is 1. The molecule has 1 saturated heterocycles. The molecule has 0 aliphatic carbocycles. The first-order chi connectivity index (χ1) is 15.0. The molecule has 0 saturated carbocycles. The van der Waals surface area contributed by atoms with Gasteiger partial charge in [-0.05, 0) is 42.0 Å². The molecule has 11 heteroatoms. The van der Waals surface area contributed by atoms with Crippen molar-refractivity contribution in [3.63, 3.8) is 0 Å². The van der Waals surface area contributed by atoms with Gasteiger partial charge in [0.25, 0.3) is 5.89 Å². The van der Waals surface area contributed by atoms with E-state index in [0.717, 1.165) is 24.3 Å². The Hall–Kier alpha value is -3.37. The largest absolute Gasteiger partial charge is 0.416 e. The van der Waals surface area contributed by atoms with Gasteiger partial charge in [0.2, 0.25) is 5.91 Å². The number of halogens is 6. The Labute approximate surface area is 177 Å². The summed E-state index contributed by atoms with van der Waals surface area (Å²) in [4.78, 5) is 18.0. The highest BCUT2D eigenvalue weighted by Crippen LogP contribution is 2.33. The smallest absolute Gasteiger partial charge is 0.338 e. The Morgan fingerprint density at radius 2 is 1.47 bits per heavy atom. The van der Waals surface area contributed by atoms with Crippen molar-refractivity contribution in [1.29, 1.82) is 0 Å². The van der Waals surface area contributed by atoms with Gasteiger partial charge in [0.1, 0.15) is 0 Å². The minimum absolute atomic E-state index is 0.0300. The zero-order chi connectivity index (χ0) is 23.1. The molecule has 1 aliphatic rings. The summed E-state index contributed by atoms with van der Waals surface area (Å²) >= 11 is 0. The zero-order valence-corrected chi connectivity index (χ0v) is 16.2. The second kappa shape index (κ2) is 7.95. The number of nitrogens with zero attached hydrogens (tertiary/aromatic N) is 3. The van der Waals surface area contributed by atoms with Gasteiger partial charge in [-0.25, -0.2) is 0 Å². The monoisotopic (exact) mass is 455 g/mol. The van der Waals surface area contributed by atoms with E-state index in [4.69, 9.17) is 4.52 Å². The Balaban J connectivity index is 1.43. The number of carbonyl (C=O) groups excluding carboxylic acids is 1. The third-order valence-electron chi connectivity index (χ3n) is 5.14. The molecule has 0 radical (unpaired) electrons. The molecule has 1 fully saturated rings. The molecule has 32 heavy (non-hydrogen) atoms. The lowest BCUT2D eigenvalue weighted by molar-refractivity contribution is -0.138. The van der Waals surface area contributed by atoms with E-state index >= 15 is 0 Å². The summed E-state index contributed by atoms with van der Waals surface area (Å²) < 4.78 is 81.3. The highest BCUT2D eigenvalue weighted by Gasteiger charge is 2.35. The molecule has 5 nitrogen and oxygen atoms in total. The molecule has 1 unspecified atom stereocenters. The topological polar surface area (TPSA) is 59.2 Å². The third kappa shape index (κ3) is 4.61. The van der Waals surface area contributed by atoms with Gasteiger partial charge < -0.3 is 9.42 Å². The second-order valence-corrected chi connectivity index (χ2v) is 7.40. The van der Waals surface area contributed by atoms with Crippen LogP contribution < -0.4 is 0 Å². The van der Waals surface area contributed by atoms with Crippen molar-refractivity contribution in [2.45, 2.75) is 31.2 Å². The highest BCUT2D eigenvalue weighted by atomic mass is 19.4. The quantitative estimate of drug-likeness (QED) is 0.502. The van der Waals surface area contributed by atoms with Crippen LogP contribution in [0.3, 0.4) is 0 Å². The first-order valence-electron chi connectivity index (χ1n) is 9.46. The van der Waals surface area contributed by atoms with Crippen molar-refractivity contribution < 1.29 is 35.7 Å². The summed E-state index contributed by atoms with van der Waals surface area (Å²) in [6.45, 7) is 0.378. The first-order valence-corrected chi connectivity index (χ1v) is 9.46. The van der Waals surface area contributed by atoms with Gasteiger partial charge in [0, 0.05) is 31.0 Å². The molecule has 2 heterocycles. The molecular weight excluding hydrogens is 440 g/mol. The van der Waals surface area contributed by atoms with Crippen molar-refractivity contribution >= 4 is 5.91 Å². The van der Waals surface area contributed by atoms with Crippen LogP contribution in [0.1, 0.15) is 34.9 Å². The van der Waals surface area contributed by atoms with Crippen LogP contribution in [0.2, 0.25) is 0 Å². The molecule has 0 bridgehead atoms. The van der Waals surface area contributed by atoms with E-state index < -0.39 is 29.4 Å². The van der Waals surface area contributed by atoms with Gasteiger partial charge >= 0.3 is 12.4 Å². The van der Waals surface area contributed by atoms with Crippen LogP contribution in [0.5, 0.6) is 0 Å². The highest BCUT2D eigenvalue weighted by molar-refractivity contribution is 5.79. The van der Waals surface area contributed by atoms with E-state index in [1.54, 1.807) is 0 Å². The summed E-state index contributed by atoms with van der Waals surface area (Å²) in [6, 6.07) is 8.81. The van der Waals surface area contributed by atoms with E-state index in [0.29, 0.717) is 11.1 Å². The molecule has 2 aromatic carbocycles. The summed E-state index contributed by atoms with van der Waals surface area (Å²) in [5, 5.41) is 3.85. The molecule has 168 valence electrons. The molecule has 1 amide bonds.